The first kappa shape index (κ1) is 32.9. The number of carbonyl (C=O) groups is 1. The van der Waals surface area contributed by atoms with E-state index in [4.69, 9.17) is 18.9 Å². The smallest absolute Gasteiger partial charge is 0.308 e. The minimum atomic E-state index is -3.32. The van der Waals surface area contributed by atoms with Gasteiger partial charge in [0, 0.05) is 19.0 Å². The third-order valence-corrected chi connectivity index (χ3v) is 10.3. The topological polar surface area (TPSA) is 141 Å². The van der Waals surface area contributed by atoms with Crippen molar-refractivity contribution in [3.63, 3.8) is 0 Å². The van der Waals surface area contributed by atoms with E-state index in [-0.39, 0.29) is 30.3 Å². The summed E-state index contributed by atoms with van der Waals surface area (Å²) in [6.45, 7) is 2.81. The summed E-state index contributed by atoms with van der Waals surface area (Å²) in [7, 11) is -3.32. The van der Waals surface area contributed by atoms with Crippen LogP contribution < -0.4 is 19.5 Å². The molecule has 0 aromatic heterocycles. The molecule has 0 unspecified atom stereocenters. The van der Waals surface area contributed by atoms with Crippen LogP contribution in [0.15, 0.2) is 65.6 Å². The summed E-state index contributed by atoms with van der Waals surface area (Å²) >= 11 is 0. The lowest BCUT2D eigenvalue weighted by Crippen LogP contribution is -2.33. The Hall–Kier alpha value is -3.48. The molecule has 1 saturated carbocycles. The predicted octanol–water partition coefficient (Wildman–Crippen LogP) is 4.04. The van der Waals surface area contributed by atoms with Gasteiger partial charge in [0.1, 0.15) is 12.4 Å². The fraction of sp³-hybridized carbons (Fsp3) is 0.441. The zero-order valence-electron chi connectivity index (χ0n) is 25.4. The van der Waals surface area contributed by atoms with Crippen molar-refractivity contribution in [2.24, 2.45) is 0 Å². The molecular weight excluding hydrogens is 598 g/mol. The maximum Gasteiger partial charge on any atom is 0.308 e. The first-order valence-corrected chi connectivity index (χ1v) is 16.9. The average Bonchev–Trinajstić information content (AvgIpc) is 3.59. The zero-order chi connectivity index (χ0) is 31.8. The van der Waals surface area contributed by atoms with Crippen molar-refractivity contribution in [1.82, 2.24) is 5.32 Å². The van der Waals surface area contributed by atoms with E-state index in [1.54, 1.807) is 36.4 Å². The number of ether oxygens (including phenoxy) is 4. The second-order valence-electron chi connectivity index (χ2n) is 11.5. The zero-order valence-corrected chi connectivity index (χ0v) is 26.3. The number of aliphatic hydroxyl groups excluding tert-OH is 2. The summed E-state index contributed by atoms with van der Waals surface area (Å²) in [5, 5.41) is 23.2. The number of carbonyl (C=O) groups excluding carboxylic acids is 1. The molecule has 2 aliphatic rings. The van der Waals surface area contributed by atoms with Crippen molar-refractivity contribution in [3.05, 3.63) is 82.9 Å². The summed E-state index contributed by atoms with van der Waals surface area (Å²) in [4.78, 5) is 11.6. The van der Waals surface area contributed by atoms with Gasteiger partial charge in [0.05, 0.1) is 36.1 Å². The van der Waals surface area contributed by atoms with Crippen molar-refractivity contribution in [1.29, 1.82) is 0 Å². The lowest BCUT2D eigenvalue weighted by atomic mass is 10.0. The van der Waals surface area contributed by atoms with E-state index in [9.17, 15) is 23.4 Å². The molecule has 0 bridgehead atoms. The Morgan fingerprint density at radius 1 is 1.04 bits per heavy atom. The van der Waals surface area contributed by atoms with Crippen LogP contribution >= 0.6 is 0 Å². The van der Waals surface area contributed by atoms with Crippen LogP contribution in [-0.4, -0.2) is 62.3 Å². The number of esters is 1. The van der Waals surface area contributed by atoms with Crippen LogP contribution in [0.4, 0.5) is 0 Å². The maximum absolute atomic E-state index is 13.0. The molecule has 1 aliphatic carbocycles. The van der Waals surface area contributed by atoms with E-state index in [1.165, 1.54) is 6.92 Å². The molecule has 1 fully saturated rings. The Labute approximate surface area is 264 Å². The number of hydrogen-bond donors (Lipinski definition) is 3. The van der Waals surface area contributed by atoms with Crippen molar-refractivity contribution in [2.45, 2.75) is 74.6 Å². The normalized spacial score (nSPS) is 17.3. The molecule has 3 N–H and O–H groups in total. The van der Waals surface area contributed by atoms with Crippen LogP contribution in [0.1, 0.15) is 61.0 Å². The van der Waals surface area contributed by atoms with Gasteiger partial charge in [-0.1, -0.05) is 37.1 Å². The standard InChI is InChI=1S/C34H41NO9S/c1-23(37)43-32-12-10-26(17-27(32)19-36)31(38)18-35-14-13-24-9-11-33-34(16-24)44-28(22-42-33)21-41-20-25-5-4-8-30(15-25)45(39,40)29-6-2-3-7-29/h4-5,8-12,15-17,28-29,31,35-36,38H,2-3,6-7,13-14,18-22H2,1H3/t28-,31+/m1/s1. The molecule has 242 valence electrons. The van der Waals surface area contributed by atoms with Gasteiger partial charge in [0.2, 0.25) is 0 Å². The number of sulfone groups is 1. The first-order chi connectivity index (χ1) is 21.7. The molecule has 11 heteroatoms. The Morgan fingerprint density at radius 3 is 2.64 bits per heavy atom. The van der Waals surface area contributed by atoms with Crippen molar-refractivity contribution >= 4 is 15.8 Å². The lowest BCUT2D eigenvalue weighted by molar-refractivity contribution is -0.131. The Bertz CT molecular complexity index is 1570. The van der Waals surface area contributed by atoms with Gasteiger partial charge in [0.15, 0.2) is 27.4 Å². The molecule has 10 nitrogen and oxygen atoms in total. The molecule has 3 aromatic carbocycles. The predicted molar refractivity (Wildman–Crippen MR) is 167 cm³/mol. The van der Waals surface area contributed by atoms with Gasteiger partial charge in [0.25, 0.3) is 0 Å². The SMILES string of the molecule is CC(=O)Oc1ccc([C@@H](O)CNCCc2ccc3c(c2)O[C@H](COCc2cccc(S(=O)(=O)C4CCCC4)c2)CO3)cc1CO. The first-order valence-electron chi connectivity index (χ1n) is 15.4. The maximum atomic E-state index is 13.0. The van der Waals surface area contributed by atoms with Crippen molar-refractivity contribution in [2.75, 3.05) is 26.3 Å². The molecule has 5 rings (SSSR count). The van der Waals surface area contributed by atoms with Crippen LogP contribution in [0.2, 0.25) is 0 Å². The number of aliphatic hydroxyl groups is 2. The summed E-state index contributed by atoms with van der Waals surface area (Å²) < 4.78 is 49.0. The van der Waals surface area contributed by atoms with Crippen LogP contribution in [-0.2, 0) is 39.0 Å². The quantitative estimate of drug-likeness (QED) is 0.134. The fourth-order valence-corrected chi connectivity index (χ4v) is 7.61. The van der Waals surface area contributed by atoms with Gasteiger partial charge < -0.3 is 34.5 Å². The summed E-state index contributed by atoms with van der Waals surface area (Å²) in [6, 6.07) is 17.7. The monoisotopic (exact) mass is 639 g/mol. The van der Waals surface area contributed by atoms with E-state index in [0.717, 1.165) is 36.8 Å². The minimum Gasteiger partial charge on any atom is -0.486 e. The van der Waals surface area contributed by atoms with Crippen LogP contribution in [0, 0.1) is 0 Å². The second-order valence-corrected chi connectivity index (χ2v) is 13.8. The third-order valence-electron chi connectivity index (χ3n) is 8.09. The van der Waals surface area contributed by atoms with Crippen molar-refractivity contribution < 1.29 is 42.4 Å². The van der Waals surface area contributed by atoms with Gasteiger partial charge in [-0.05, 0) is 78.9 Å². The van der Waals surface area contributed by atoms with Gasteiger partial charge in [-0.15, -0.1) is 0 Å². The summed E-state index contributed by atoms with van der Waals surface area (Å²) in [6.07, 6.45) is 2.98. The average molecular weight is 640 g/mol. The van der Waals surface area contributed by atoms with E-state index in [0.29, 0.717) is 60.2 Å². The van der Waals surface area contributed by atoms with E-state index in [1.807, 2.05) is 24.3 Å². The van der Waals surface area contributed by atoms with Crippen LogP contribution in [0.3, 0.4) is 0 Å². The molecular formula is C34H41NO9S. The molecule has 0 saturated heterocycles. The second kappa shape index (κ2) is 15.2. The Balaban J connectivity index is 1.07. The van der Waals surface area contributed by atoms with Crippen molar-refractivity contribution in [3.8, 4) is 17.2 Å². The molecule has 1 heterocycles. The van der Waals surface area contributed by atoms with E-state index < -0.39 is 21.9 Å². The highest BCUT2D eigenvalue weighted by molar-refractivity contribution is 7.92. The number of benzene rings is 3. The fourth-order valence-electron chi connectivity index (χ4n) is 5.68. The molecule has 1 aliphatic heterocycles. The van der Waals surface area contributed by atoms with Crippen LogP contribution in [0.25, 0.3) is 0 Å². The van der Waals surface area contributed by atoms with Gasteiger partial charge in [-0.3, -0.25) is 4.79 Å². The van der Waals surface area contributed by atoms with Gasteiger partial charge >= 0.3 is 5.97 Å². The third kappa shape index (κ3) is 8.62. The van der Waals surface area contributed by atoms with Gasteiger partial charge in [-0.2, -0.15) is 0 Å². The van der Waals surface area contributed by atoms with Crippen LogP contribution in [0.5, 0.6) is 17.2 Å². The van der Waals surface area contributed by atoms with E-state index in [2.05, 4.69) is 5.32 Å². The van der Waals surface area contributed by atoms with Gasteiger partial charge in [-0.25, -0.2) is 8.42 Å². The molecule has 0 radical (unpaired) electrons. The molecule has 0 spiro atoms. The Kier molecular flexibility index (Phi) is 11.1. The number of fused-ring (bicyclic) bond motifs is 1. The molecule has 45 heavy (non-hydrogen) atoms. The highest BCUT2D eigenvalue weighted by Gasteiger charge is 2.30. The van der Waals surface area contributed by atoms with E-state index >= 15 is 0 Å². The molecule has 3 aromatic rings. The molecule has 2 atom stereocenters. The lowest BCUT2D eigenvalue weighted by Gasteiger charge is -2.27. The minimum absolute atomic E-state index is 0.274. The number of nitrogens with one attached hydrogen (secondary N) is 1. The summed E-state index contributed by atoms with van der Waals surface area (Å²) in [5.41, 5.74) is 2.88. The molecule has 0 amide bonds. The summed E-state index contributed by atoms with van der Waals surface area (Å²) in [5.74, 6) is 1.11. The largest absolute Gasteiger partial charge is 0.486 e. The number of hydrogen-bond acceptors (Lipinski definition) is 10. The Morgan fingerprint density at radius 2 is 1.87 bits per heavy atom. The number of rotatable bonds is 14. The highest BCUT2D eigenvalue weighted by atomic mass is 32.2. The highest BCUT2D eigenvalue weighted by Crippen LogP contribution is 2.33.